The molecule has 2 heterocycles. The lowest BCUT2D eigenvalue weighted by molar-refractivity contribution is 0.478. The second-order valence-electron chi connectivity index (χ2n) is 6.67. The summed E-state index contributed by atoms with van der Waals surface area (Å²) in [5.41, 5.74) is 1.99. The highest BCUT2D eigenvalue weighted by Gasteiger charge is 2.16. The molecular weight excluding hydrogens is 343 g/mol. The fraction of sp³-hybridized carbons (Fsp3) is 0.286. The van der Waals surface area contributed by atoms with Gasteiger partial charge in [0.05, 0.1) is 11.3 Å². The van der Waals surface area contributed by atoms with Crippen LogP contribution < -0.4 is 10.9 Å². The Balaban J connectivity index is 1.83. The second-order valence-corrected chi connectivity index (χ2v) is 6.67. The minimum absolute atomic E-state index is 0.0617. The van der Waals surface area contributed by atoms with Crippen LogP contribution in [-0.2, 0) is 20.1 Å². The molecule has 0 saturated carbocycles. The van der Waals surface area contributed by atoms with E-state index < -0.39 is 6.67 Å². The number of nitrogens with zero attached hydrogens (tertiary/aromatic N) is 3. The molecule has 0 spiro atoms. The van der Waals surface area contributed by atoms with Crippen molar-refractivity contribution in [2.75, 3.05) is 11.9 Å². The van der Waals surface area contributed by atoms with Crippen LogP contribution >= 0.6 is 0 Å². The van der Waals surface area contributed by atoms with Crippen molar-refractivity contribution >= 4 is 5.95 Å². The van der Waals surface area contributed by atoms with Gasteiger partial charge in [-0.15, -0.1) is 0 Å². The predicted molar refractivity (Wildman–Crippen MR) is 105 cm³/mol. The normalized spacial score (nSPS) is 12.0. The standard InChI is InChI=1S/C21H23FN4O/c1-15(12-16-6-4-3-5-7-16)14-24-21-25-19(17-8-10-23-11-9-17)18(13-22)20(27)26(21)2/h3-11,15H,12-14H2,1-2H3,(H,24,25). The van der Waals surface area contributed by atoms with Crippen molar-refractivity contribution in [3.05, 3.63) is 76.3 Å². The SMILES string of the molecule is CC(CNc1nc(-c2ccncc2)c(CF)c(=O)n1C)Cc1ccccc1. The Bertz CT molecular complexity index is 942. The van der Waals surface area contributed by atoms with E-state index >= 15 is 0 Å². The molecule has 0 aliphatic rings. The van der Waals surface area contributed by atoms with Gasteiger partial charge in [0.2, 0.25) is 5.95 Å². The molecule has 140 valence electrons. The highest BCUT2D eigenvalue weighted by molar-refractivity contribution is 5.63. The number of pyridine rings is 1. The summed E-state index contributed by atoms with van der Waals surface area (Å²) in [6.07, 6.45) is 4.12. The second kappa shape index (κ2) is 8.58. The zero-order valence-corrected chi connectivity index (χ0v) is 15.5. The molecule has 1 N–H and O–H groups in total. The van der Waals surface area contributed by atoms with Crippen LogP contribution in [0.2, 0.25) is 0 Å². The summed E-state index contributed by atoms with van der Waals surface area (Å²) in [7, 11) is 1.61. The number of rotatable bonds is 7. The molecule has 3 rings (SSSR count). The van der Waals surface area contributed by atoms with Crippen LogP contribution in [0.15, 0.2) is 59.7 Å². The van der Waals surface area contributed by atoms with Gasteiger partial charge in [-0.2, -0.15) is 0 Å². The van der Waals surface area contributed by atoms with Crippen molar-refractivity contribution in [3.8, 4) is 11.3 Å². The van der Waals surface area contributed by atoms with Crippen LogP contribution in [0.25, 0.3) is 11.3 Å². The molecular formula is C21H23FN4O. The maximum atomic E-state index is 13.5. The first-order valence-corrected chi connectivity index (χ1v) is 8.94. The smallest absolute Gasteiger partial charge is 0.261 e. The molecule has 3 aromatic rings. The summed E-state index contributed by atoms with van der Waals surface area (Å²) < 4.78 is 14.9. The number of alkyl halides is 1. The van der Waals surface area contributed by atoms with Crippen LogP contribution in [0.1, 0.15) is 18.1 Å². The van der Waals surface area contributed by atoms with E-state index in [0.29, 0.717) is 29.7 Å². The summed E-state index contributed by atoms with van der Waals surface area (Å²) in [5.74, 6) is 0.776. The van der Waals surface area contributed by atoms with Crippen molar-refractivity contribution in [3.63, 3.8) is 0 Å². The zero-order chi connectivity index (χ0) is 19.2. The summed E-state index contributed by atoms with van der Waals surface area (Å²) in [6.45, 7) is 1.93. The molecule has 0 saturated heterocycles. The molecule has 0 radical (unpaired) electrons. The average molecular weight is 366 g/mol. The number of benzene rings is 1. The van der Waals surface area contributed by atoms with Crippen LogP contribution in [0.5, 0.6) is 0 Å². The maximum Gasteiger partial charge on any atom is 0.261 e. The van der Waals surface area contributed by atoms with Crippen LogP contribution in [0, 0.1) is 5.92 Å². The summed E-state index contributed by atoms with van der Waals surface area (Å²) in [5, 5.41) is 3.25. The zero-order valence-electron chi connectivity index (χ0n) is 15.5. The van der Waals surface area contributed by atoms with Gasteiger partial charge >= 0.3 is 0 Å². The van der Waals surface area contributed by atoms with Gasteiger partial charge in [0, 0.05) is 31.5 Å². The van der Waals surface area contributed by atoms with Crippen molar-refractivity contribution in [2.45, 2.75) is 20.0 Å². The van der Waals surface area contributed by atoms with E-state index in [-0.39, 0.29) is 11.1 Å². The molecule has 0 aliphatic carbocycles. The summed E-state index contributed by atoms with van der Waals surface area (Å²) >= 11 is 0. The number of hydrogen-bond donors (Lipinski definition) is 1. The summed E-state index contributed by atoms with van der Waals surface area (Å²) in [4.78, 5) is 21.1. The van der Waals surface area contributed by atoms with Gasteiger partial charge in [0.25, 0.3) is 5.56 Å². The number of aromatic nitrogens is 3. The topological polar surface area (TPSA) is 59.8 Å². The van der Waals surface area contributed by atoms with E-state index in [1.807, 2.05) is 18.2 Å². The minimum atomic E-state index is -0.859. The Labute approximate surface area is 157 Å². The highest BCUT2D eigenvalue weighted by Crippen LogP contribution is 2.21. The first kappa shape index (κ1) is 18.8. The van der Waals surface area contributed by atoms with Gasteiger partial charge in [-0.1, -0.05) is 37.3 Å². The Hall–Kier alpha value is -3.02. The minimum Gasteiger partial charge on any atom is -0.355 e. The van der Waals surface area contributed by atoms with Gasteiger partial charge < -0.3 is 5.32 Å². The molecule has 27 heavy (non-hydrogen) atoms. The third-order valence-electron chi connectivity index (χ3n) is 4.51. The average Bonchev–Trinajstić information content (AvgIpc) is 2.70. The Morgan fingerprint density at radius 1 is 1.15 bits per heavy atom. The fourth-order valence-corrected chi connectivity index (χ4v) is 3.03. The Morgan fingerprint density at radius 2 is 1.85 bits per heavy atom. The number of halogens is 1. The predicted octanol–water partition coefficient (Wildman–Crippen LogP) is 3.60. The van der Waals surface area contributed by atoms with Gasteiger partial charge in [0.15, 0.2) is 0 Å². The molecule has 0 bridgehead atoms. The number of nitrogens with one attached hydrogen (secondary N) is 1. The van der Waals surface area contributed by atoms with Crippen molar-refractivity contribution in [1.82, 2.24) is 14.5 Å². The Kier molecular flexibility index (Phi) is 5.96. The van der Waals surface area contributed by atoms with E-state index in [9.17, 15) is 9.18 Å². The van der Waals surface area contributed by atoms with Gasteiger partial charge in [-0.3, -0.25) is 14.3 Å². The molecule has 2 aromatic heterocycles. The van der Waals surface area contributed by atoms with Gasteiger partial charge in [-0.05, 0) is 30.0 Å². The van der Waals surface area contributed by atoms with E-state index in [0.717, 1.165) is 6.42 Å². The van der Waals surface area contributed by atoms with E-state index in [4.69, 9.17) is 0 Å². The summed E-state index contributed by atoms with van der Waals surface area (Å²) in [6, 6.07) is 13.7. The van der Waals surface area contributed by atoms with E-state index in [1.165, 1.54) is 10.1 Å². The Morgan fingerprint density at radius 3 is 2.52 bits per heavy atom. The van der Waals surface area contributed by atoms with Crippen LogP contribution in [-0.4, -0.2) is 21.1 Å². The highest BCUT2D eigenvalue weighted by atomic mass is 19.1. The van der Waals surface area contributed by atoms with Crippen LogP contribution in [0.3, 0.4) is 0 Å². The molecule has 0 fully saturated rings. The lowest BCUT2D eigenvalue weighted by atomic mass is 10.0. The third kappa shape index (κ3) is 4.39. The van der Waals surface area contributed by atoms with Crippen molar-refractivity contribution in [1.29, 1.82) is 0 Å². The van der Waals surface area contributed by atoms with Crippen molar-refractivity contribution < 1.29 is 4.39 Å². The molecule has 1 atom stereocenters. The quantitative estimate of drug-likeness (QED) is 0.694. The molecule has 0 aliphatic heterocycles. The van der Waals surface area contributed by atoms with Crippen molar-refractivity contribution in [2.24, 2.45) is 13.0 Å². The largest absolute Gasteiger partial charge is 0.355 e. The fourth-order valence-electron chi connectivity index (χ4n) is 3.03. The maximum absolute atomic E-state index is 13.5. The molecule has 1 aromatic carbocycles. The number of hydrogen-bond acceptors (Lipinski definition) is 4. The van der Waals surface area contributed by atoms with E-state index in [2.05, 4.69) is 34.3 Å². The van der Waals surface area contributed by atoms with E-state index in [1.54, 1.807) is 31.6 Å². The third-order valence-corrected chi connectivity index (χ3v) is 4.51. The molecule has 6 heteroatoms. The van der Waals surface area contributed by atoms with Crippen LogP contribution in [0.4, 0.5) is 10.3 Å². The van der Waals surface area contributed by atoms with Gasteiger partial charge in [-0.25, -0.2) is 9.37 Å². The molecule has 1 unspecified atom stereocenters. The monoisotopic (exact) mass is 366 g/mol. The first-order valence-electron chi connectivity index (χ1n) is 8.94. The number of anilines is 1. The van der Waals surface area contributed by atoms with Gasteiger partial charge in [0.1, 0.15) is 6.67 Å². The molecule has 5 nitrogen and oxygen atoms in total. The molecule has 0 amide bonds. The lowest BCUT2D eigenvalue weighted by Crippen LogP contribution is -2.27. The first-order chi connectivity index (χ1) is 13.1. The lowest BCUT2D eigenvalue weighted by Gasteiger charge is -2.17.